The Kier molecular flexibility index (Phi) is 4.12. The lowest BCUT2D eigenvalue weighted by atomic mass is 10.2. The van der Waals surface area contributed by atoms with E-state index in [-0.39, 0.29) is 0 Å². The van der Waals surface area contributed by atoms with E-state index in [1.807, 2.05) is 39.0 Å². The Balaban J connectivity index is 2.27. The van der Waals surface area contributed by atoms with Crippen LogP contribution in [-0.4, -0.2) is 32.0 Å². The molecule has 0 aromatic carbocycles. The van der Waals surface area contributed by atoms with Crippen LogP contribution in [0.1, 0.15) is 32.8 Å². The van der Waals surface area contributed by atoms with Crippen molar-refractivity contribution in [1.82, 2.24) is 4.98 Å². The minimum absolute atomic E-state index is 0.422. The van der Waals surface area contributed by atoms with Crippen molar-refractivity contribution in [2.24, 2.45) is 0 Å². The van der Waals surface area contributed by atoms with E-state index in [4.69, 9.17) is 9.15 Å². The average molecular weight is 275 g/mol. The molecule has 0 radical (unpaired) electrons. The van der Waals surface area contributed by atoms with Crippen molar-refractivity contribution in [3.63, 3.8) is 0 Å². The Labute approximate surface area is 120 Å². The van der Waals surface area contributed by atoms with Gasteiger partial charge < -0.3 is 14.3 Å². The fraction of sp³-hybridized carbons (Fsp3) is 0.357. The first-order chi connectivity index (χ1) is 8.87. The highest BCUT2D eigenvalue weighted by Gasteiger charge is 2.22. The molecule has 2 heterocycles. The highest BCUT2D eigenvalue weighted by Crippen LogP contribution is 2.26. The maximum atomic E-state index is 10.0. The van der Waals surface area contributed by atoms with Crippen molar-refractivity contribution in [1.29, 1.82) is 0 Å². The van der Waals surface area contributed by atoms with Gasteiger partial charge in [0.1, 0.15) is 5.76 Å². The van der Waals surface area contributed by atoms with Crippen LogP contribution in [0, 0.1) is 0 Å². The Bertz CT molecular complexity index is 546. The van der Waals surface area contributed by atoms with E-state index >= 15 is 0 Å². The van der Waals surface area contributed by atoms with E-state index in [0.717, 1.165) is 32.0 Å². The van der Waals surface area contributed by atoms with E-state index in [0.29, 0.717) is 5.76 Å². The molecule has 2 rings (SSSR count). The van der Waals surface area contributed by atoms with E-state index in [1.165, 1.54) is 0 Å². The highest BCUT2D eigenvalue weighted by molar-refractivity contribution is 6.35. The largest absolute Gasteiger partial charge is 0.457 e. The van der Waals surface area contributed by atoms with Crippen LogP contribution in [0.3, 0.4) is 0 Å². The first-order valence-electron chi connectivity index (χ1n) is 6.23. The average Bonchev–Trinajstić information content (AvgIpc) is 2.70. The number of ether oxygens (including phenoxy) is 1. The van der Waals surface area contributed by atoms with Crippen LogP contribution in [0.4, 0.5) is 0 Å². The number of furan rings is 1. The Morgan fingerprint density at radius 1 is 1.32 bits per heavy atom. The molecular weight excluding hydrogens is 257 g/mol. The lowest BCUT2D eigenvalue weighted by Crippen LogP contribution is -2.22. The molecule has 2 aromatic rings. The monoisotopic (exact) mass is 275 g/mol. The highest BCUT2D eigenvalue weighted by atomic mass is 27.0. The summed E-state index contributed by atoms with van der Waals surface area (Å²) < 4.78 is 12.3. The molecule has 0 aliphatic heterocycles. The second kappa shape index (κ2) is 5.48. The molecule has 0 bridgehead atoms. The minimum Gasteiger partial charge on any atom is -0.457 e. The van der Waals surface area contributed by atoms with Gasteiger partial charge in [0.05, 0.1) is 5.60 Å². The fourth-order valence-corrected chi connectivity index (χ4v) is 2.49. The van der Waals surface area contributed by atoms with E-state index in [2.05, 4.69) is 4.98 Å². The predicted octanol–water partition coefficient (Wildman–Crippen LogP) is 1.41. The first-order valence-corrected chi connectivity index (χ1v) is 7.23. The maximum Gasteiger partial charge on any atom is 0.265 e. The summed E-state index contributed by atoms with van der Waals surface area (Å²) in [5, 5.41) is 10.0. The summed E-state index contributed by atoms with van der Waals surface area (Å²) in [6, 6.07) is 5.64. The molecule has 1 unspecified atom stereocenters. The third kappa shape index (κ3) is 3.68. The third-order valence-corrected chi connectivity index (χ3v) is 3.33. The maximum absolute atomic E-state index is 10.0. The molecule has 19 heavy (non-hydrogen) atoms. The van der Waals surface area contributed by atoms with Gasteiger partial charge in [0, 0.05) is 18.0 Å². The van der Waals surface area contributed by atoms with Gasteiger partial charge >= 0.3 is 0 Å². The molecule has 2 aromatic heterocycles. The zero-order chi connectivity index (χ0) is 14.0. The van der Waals surface area contributed by atoms with Gasteiger partial charge in [-0.15, -0.1) is 0 Å². The third-order valence-electron chi connectivity index (χ3n) is 2.59. The zero-order valence-electron chi connectivity index (χ0n) is 11.7. The summed E-state index contributed by atoms with van der Waals surface area (Å²) in [6.07, 6.45) is 2.41. The number of hydrogen-bond donors (Lipinski definition) is 1. The standard InChI is InChI=1S/C14H16NO3.Al.2H/c1-14(2,3)18-13(16)12-5-4-11(17-12)10-6-8-15-9-7-10;;;/h5-9,13,16H,1-3H3;;;. The molecule has 1 N–H and O–H groups in total. The van der Waals surface area contributed by atoms with Crippen LogP contribution in [0.2, 0.25) is 0 Å². The van der Waals surface area contributed by atoms with Crippen molar-refractivity contribution in [2.45, 2.75) is 32.7 Å². The summed E-state index contributed by atoms with van der Waals surface area (Å²) in [4.78, 5) is 3.99. The molecule has 0 amide bonds. The summed E-state index contributed by atoms with van der Waals surface area (Å²) in [7, 11) is 0. The lowest BCUT2D eigenvalue weighted by Gasteiger charge is -2.22. The second-order valence-corrected chi connectivity index (χ2v) is 6.56. The summed E-state index contributed by atoms with van der Waals surface area (Å²) in [5.74, 6) is 1.24. The quantitative estimate of drug-likeness (QED) is 0.679. The van der Waals surface area contributed by atoms with Crippen LogP contribution < -0.4 is 4.43 Å². The van der Waals surface area contributed by atoms with Crippen molar-refractivity contribution in [3.8, 4) is 11.3 Å². The number of aromatic nitrogens is 1. The molecule has 0 aliphatic rings. The van der Waals surface area contributed by atoms with E-state index in [1.54, 1.807) is 12.4 Å². The van der Waals surface area contributed by atoms with Gasteiger partial charge in [-0.05, 0) is 39.0 Å². The summed E-state index contributed by atoms with van der Waals surface area (Å²) in [6.45, 7) is 5.68. The number of hydrogen-bond acceptors (Lipinski definition) is 4. The van der Waals surface area contributed by atoms with E-state index < -0.39 is 11.9 Å². The topological polar surface area (TPSA) is 55.5 Å². The normalized spacial score (nSPS) is 13.5. The lowest BCUT2D eigenvalue weighted by molar-refractivity contribution is -0.178. The number of pyridine rings is 1. The Morgan fingerprint density at radius 3 is 2.53 bits per heavy atom. The molecule has 0 saturated carbocycles. The molecular formula is C14H18AlNO3. The summed E-state index contributed by atoms with van der Waals surface area (Å²) in [5.41, 5.74) is 0.545. The zero-order valence-corrected chi connectivity index (χ0v) is 13.7. The number of nitrogens with zero attached hydrogens (tertiary/aromatic N) is 1. The van der Waals surface area contributed by atoms with Crippen LogP contribution in [0.15, 0.2) is 35.0 Å². The van der Waals surface area contributed by atoms with Crippen LogP contribution in [-0.2, 0) is 4.74 Å². The Morgan fingerprint density at radius 2 is 1.95 bits per heavy atom. The second-order valence-electron chi connectivity index (χ2n) is 5.48. The molecule has 0 spiro atoms. The first kappa shape index (κ1) is 14.3. The van der Waals surface area contributed by atoms with Crippen molar-refractivity contribution in [2.75, 3.05) is 0 Å². The van der Waals surface area contributed by atoms with Crippen molar-refractivity contribution < 1.29 is 14.3 Å². The Hall–Kier alpha value is -1.12. The minimum atomic E-state index is -1.04. The summed E-state index contributed by atoms with van der Waals surface area (Å²) >= 11 is 0.838. The van der Waals surface area contributed by atoms with Gasteiger partial charge in [-0.2, -0.15) is 0 Å². The molecule has 4 nitrogen and oxygen atoms in total. The van der Waals surface area contributed by atoms with Gasteiger partial charge in [-0.3, -0.25) is 4.98 Å². The van der Waals surface area contributed by atoms with Gasteiger partial charge in [0.15, 0.2) is 5.76 Å². The predicted molar refractivity (Wildman–Crippen MR) is 75.9 cm³/mol. The van der Waals surface area contributed by atoms with Crippen molar-refractivity contribution in [3.05, 3.63) is 36.4 Å². The van der Waals surface area contributed by atoms with Crippen LogP contribution in [0.5, 0.6) is 0 Å². The van der Waals surface area contributed by atoms with Gasteiger partial charge in [-0.1, -0.05) is 4.43 Å². The number of rotatable bonds is 3. The van der Waals surface area contributed by atoms with Crippen molar-refractivity contribution >= 4 is 20.7 Å². The smallest absolute Gasteiger partial charge is 0.265 e. The molecule has 0 fully saturated rings. The van der Waals surface area contributed by atoms with Gasteiger partial charge in [0.25, 0.3) is 16.3 Å². The molecule has 100 valence electrons. The fourth-order valence-electron chi connectivity index (χ4n) is 1.81. The van der Waals surface area contributed by atoms with Crippen LogP contribution in [0.25, 0.3) is 11.3 Å². The molecule has 5 heteroatoms. The molecule has 1 atom stereocenters. The molecule has 0 saturated heterocycles. The van der Waals surface area contributed by atoms with Gasteiger partial charge in [-0.25, -0.2) is 0 Å². The number of aliphatic hydroxyl groups excluding tert-OH is 1. The van der Waals surface area contributed by atoms with E-state index in [9.17, 15) is 5.11 Å². The number of aliphatic hydroxyl groups is 1. The molecule has 0 aliphatic carbocycles. The SMILES string of the molecule is CC(C)(C)OC(O)c1c[c]([AlH2])c(-c2ccncc2)o1. The van der Waals surface area contributed by atoms with Crippen LogP contribution >= 0.6 is 0 Å². The van der Waals surface area contributed by atoms with Gasteiger partial charge in [0.2, 0.25) is 6.29 Å².